The van der Waals surface area contributed by atoms with Crippen molar-refractivity contribution < 1.29 is 32.6 Å². The van der Waals surface area contributed by atoms with Crippen LogP contribution in [0.15, 0.2) is 30.4 Å². The highest BCUT2D eigenvalue weighted by atomic mass is 19.4. The largest absolute Gasteiger partial charge is 0.496 e. The second kappa shape index (κ2) is 5.55. The highest BCUT2D eigenvalue weighted by Gasteiger charge is 2.31. The minimum Gasteiger partial charge on any atom is -0.496 e. The SMILES string of the molecule is COc1ccc(C(F)(F)F)cc1C(=O)/C=C/C(=O)O. The molecule has 0 aliphatic rings. The van der Waals surface area contributed by atoms with E-state index in [1.54, 1.807) is 0 Å². The van der Waals surface area contributed by atoms with Gasteiger partial charge >= 0.3 is 12.1 Å². The standard InChI is InChI=1S/C12H9F3O4/c1-19-10-4-2-7(12(13,14)15)6-8(10)9(16)3-5-11(17)18/h2-6H,1H3,(H,17,18)/b5-3+. The maximum absolute atomic E-state index is 12.5. The van der Waals surface area contributed by atoms with E-state index in [2.05, 4.69) is 0 Å². The van der Waals surface area contributed by atoms with Crippen LogP contribution in [-0.2, 0) is 11.0 Å². The molecule has 7 heteroatoms. The minimum atomic E-state index is -4.60. The molecule has 0 fully saturated rings. The fourth-order valence-electron chi connectivity index (χ4n) is 1.31. The van der Waals surface area contributed by atoms with Crippen LogP contribution in [0.1, 0.15) is 15.9 Å². The predicted molar refractivity (Wildman–Crippen MR) is 59.1 cm³/mol. The van der Waals surface area contributed by atoms with Crippen molar-refractivity contribution in [1.82, 2.24) is 0 Å². The monoisotopic (exact) mass is 274 g/mol. The summed E-state index contributed by atoms with van der Waals surface area (Å²) in [5.41, 5.74) is -1.37. The third-order valence-electron chi connectivity index (χ3n) is 2.17. The van der Waals surface area contributed by atoms with E-state index in [1.165, 1.54) is 7.11 Å². The molecule has 1 N–H and O–H groups in total. The first kappa shape index (κ1) is 14.7. The van der Waals surface area contributed by atoms with E-state index in [0.717, 1.165) is 12.1 Å². The number of benzene rings is 1. The number of ketones is 1. The van der Waals surface area contributed by atoms with Crippen LogP contribution >= 0.6 is 0 Å². The van der Waals surface area contributed by atoms with Gasteiger partial charge in [0.2, 0.25) is 0 Å². The van der Waals surface area contributed by atoms with Crippen LogP contribution in [0, 0.1) is 0 Å². The second-order valence-electron chi connectivity index (χ2n) is 3.45. The molecule has 102 valence electrons. The van der Waals surface area contributed by atoms with Gasteiger partial charge in [0, 0.05) is 6.08 Å². The van der Waals surface area contributed by atoms with Crippen LogP contribution in [-0.4, -0.2) is 24.0 Å². The zero-order valence-corrected chi connectivity index (χ0v) is 9.69. The molecule has 0 amide bonds. The fourth-order valence-corrected chi connectivity index (χ4v) is 1.31. The number of aliphatic carboxylic acids is 1. The highest BCUT2D eigenvalue weighted by molar-refractivity contribution is 6.08. The molecule has 19 heavy (non-hydrogen) atoms. The van der Waals surface area contributed by atoms with Crippen molar-refractivity contribution in [3.05, 3.63) is 41.5 Å². The highest BCUT2D eigenvalue weighted by Crippen LogP contribution is 2.32. The van der Waals surface area contributed by atoms with E-state index in [-0.39, 0.29) is 11.3 Å². The van der Waals surface area contributed by atoms with Crippen molar-refractivity contribution in [3.63, 3.8) is 0 Å². The maximum Gasteiger partial charge on any atom is 0.416 e. The van der Waals surface area contributed by atoms with Gasteiger partial charge in [-0.15, -0.1) is 0 Å². The Labute approximate surface area is 106 Å². The van der Waals surface area contributed by atoms with Crippen molar-refractivity contribution in [2.24, 2.45) is 0 Å². The summed E-state index contributed by atoms with van der Waals surface area (Å²) in [6.45, 7) is 0. The molecule has 0 aromatic heterocycles. The smallest absolute Gasteiger partial charge is 0.416 e. The number of halogens is 3. The quantitative estimate of drug-likeness (QED) is 0.677. The van der Waals surface area contributed by atoms with E-state index >= 15 is 0 Å². The number of alkyl halides is 3. The van der Waals surface area contributed by atoms with Gasteiger partial charge in [-0.2, -0.15) is 13.2 Å². The molecule has 0 unspecified atom stereocenters. The number of carbonyl (C=O) groups is 2. The van der Waals surface area contributed by atoms with E-state index in [4.69, 9.17) is 9.84 Å². The van der Waals surface area contributed by atoms with Crippen LogP contribution in [0.2, 0.25) is 0 Å². The topological polar surface area (TPSA) is 63.6 Å². The number of carbonyl (C=O) groups excluding carboxylic acids is 1. The Bertz CT molecular complexity index is 532. The summed E-state index contributed by atoms with van der Waals surface area (Å²) in [6.07, 6.45) is -3.39. The van der Waals surface area contributed by atoms with Crippen molar-refractivity contribution in [2.75, 3.05) is 7.11 Å². The molecule has 0 atom stereocenters. The number of ether oxygens (including phenoxy) is 1. The van der Waals surface area contributed by atoms with E-state index < -0.39 is 23.5 Å². The van der Waals surface area contributed by atoms with Crippen LogP contribution in [0.25, 0.3) is 0 Å². The van der Waals surface area contributed by atoms with Crippen LogP contribution in [0.5, 0.6) is 5.75 Å². The van der Waals surface area contributed by atoms with E-state index in [1.807, 2.05) is 0 Å². The Kier molecular flexibility index (Phi) is 4.31. The van der Waals surface area contributed by atoms with Crippen LogP contribution < -0.4 is 4.74 Å². The first-order chi connectivity index (χ1) is 8.75. The van der Waals surface area contributed by atoms with Gasteiger partial charge in [0.1, 0.15) is 5.75 Å². The normalized spacial score (nSPS) is 11.6. The Hall–Kier alpha value is -2.31. The predicted octanol–water partition coefficient (Wildman–Crippen LogP) is 2.54. The summed E-state index contributed by atoms with van der Waals surface area (Å²) >= 11 is 0. The lowest BCUT2D eigenvalue weighted by atomic mass is 10.0. The van der Waals surface area contributed by atoms with Gasteiger partial charge in [-0.3, -0.25) is 4.79 Å². The summed E-state index contributed by atoms with van der Waals surface area (Å²) in [6, 6.07) is 2.40. The number of hydrogen-bond donors (Lipinski definition) is 1. The fraction of sp³-hybridized carbons (Fsp3) is 0.167. The zero-order valence-electron chi connectivity index (χ0n) is 9.69. The Morgan fingerprint density at radius 3 is 2.37 bits per heavy atom. The summed E-state index contributed by atoms with van der Waals surface area (Å²) < 4.78 is 42.3. The average molecular weight is 274 g/mol. The molecular weight excluding hydrogens is 265 g/mol. The van der Waals surface area contributed by atoms with E-state index in [0.29, 0.717) is 18.2 Å². The lowest BCUT2D eigenvalue weighted by Gasteiger charge is -2.10. The summed E-state index contributed by atoms with van der Waals surface area (Å²) in [4.78, 5) is 21.9. The number of methoxy groups -OCH3 is 1. The van der Waals surface area contributed by atoms with Gasteiger partial charge in [0.05, 0.1) is 18.2 Å². The first-order valence-corrected chi connectivity index (χ1v) is 4.96. The van der Waals surface area contributed by atoms with Gasteiger partial charge in [-0.05, 0) is 24.3 Å². The number of allylic oxidation sites excluding steroid dienone is 1. The third-order valence-corrected chi connectivity index (χ3v) is 2.17. The zero-order chi connectivity index (χ0) is 14.6. The minimum absolute atomic E-state index is 0.0620. The number of rotatable bonds is 4. The average Bonchev–Trinajstić information content (AvgIpc) is 2.33. The Morgan fingerprint density at radius 2 is 1.89 bits per heavy atom. The molecule has 0 heterocycles. The summed E-state index contributed by atoms with van der Waals surface area (Å²) in [5.74, 6) is -2.32. The molecule has 0 bridgehead atoms. The number of carboxylic acids is 1. The molecular formula is C12H9F3O4. The molecule has 1 rings (SSSR count). The van der Waals surface area contributed by atoms with Crippen LogP contribution in [0.4, 0.5) is 13.2 Å². The molecule has 0 radical (unpaired) electrons. The molecule has 0 spiro atoms. The number of hydrogen-bond acceptors (Lipinski definition) is 3. The molecule has 0 saturated carbocycles. The van der Waals surface area contributed by atoms with Gasteiger partial charge in [0.15, 0.2) is 5.78 Å². The molecule has 1 aromatic rings. The van der Waals surface area contributed by atoms with Crippen LogP contribution in [0.3, 0.4) is 0 Å². The third kappa shape index (κ3) is 3.84. The van der Waals surface area contributed by atoms with Gasteiger partial charge in [-0.1, -0.05) is 0 Å². The van der Waals surface area contributed by atoms with Crippen molar-refractivity contribution in [1.29, 1.82) is 0 Å². The van der Waals surface area contributed by atoms with Gasteiger partial charge < -0.3 is 9.84 Å². The molecule has 0 aliphatic heterocycles. The Morgan fingerprint density at radius 1 is 1.26 bits per heavy atom. The maximum atomic E-state index is 12.5. The lowest BCUT2D eigenvalue weighted by Crippen LogP contribution is -2.08. The first-order valence-electron chi connectivity index (χ1n) is 4.96. The molecule has 1 aromatic carbocycles. The summed E-state index contributed by atoms with van der Waals surface area (Å²) in [5, 5.41) is 8.37. The van der Waals surface area contributed by atoms with Crippen molar-refractivity contribution in [3.8, 4) is 5.75 Å². The van der Waals surface area contributed by atoms with E-state index in [9.17, 15) is 22.8 Å². The second-order valence-corrected chi connectivity index (χ2v) is 3.45. The lowest BCUT2D eigenvalue weighted by molar-refractivity contribution is -0.137. The van der Waals surface area contributed by atoms with Crippen molar-refractivity contribution >= 4 is 11.8 Å². The molecule has 0 saturated heterocycles. The Balaban J connectivity index is 3.23. The molecule has 4 nitrogen and oxygen atoms in total. The van der Waals surface area contributed by atoms with Gasteiger partial charge in [0.25, 0.3) is 0 Å². The van der Waals surface area contributed by atoms with Crippen molar-refractivity contribution in [2.45, 2.75) is 6.18 Å². The molecule has 0 aliphatic carbocycles. The number of carboxylic acid groups (broad SMARTS) is 1. The van der Waals surface area contributed by atoms with Gasteiger partial charge in [-0.25, -0.2) is 4.79 Å². The summed E-state index contributed by atoms with van der Waals surface area (Å²) in [7, 11) is 1.19.